The van der Waals surface area contributed by atoms with Gasteiger partial charge in [0.25, 0.3) is 5.69 Å². The number of aromatic nitrogens is 1. The summed E-state index contributed by atoms with van der Waals surface area (Å²) in [5.41, 5.74) is 0.533. The van der Waals surface area contributed by atoms with E-state index in [-0.39, 0.29) is 5.69 Å². The van der Waals surface area contributed by atoms with Crippen LogP contribution in [0.2, 0.25) is 0 Å². The van der Waals surface area contributed by atoms with Crippen LogP contribution in [0.15, 0.2) is 40.9 Å². The average molecular weight is 273 g/mol. The molecule has 7 nitrogen and oxygen atoms in total. The van der Waals surface area contributed by atoms with E-state index in [4.69, 9.17) is 4.52 Å². The molecule has 0 saturated carbocycles. The summed E-state index contributed by atoms with van der Waals surface area (Å²) in [5, 5.41) is 16.7. The molecule has 1 N–H and O–H groups in total. The Balaban J connectivity index is 2.03. The van der Waals surface area contributed by atoms with Gasteiger partial charge in [-0.05, 0) is 18.6 Å². The minimum Gasteiger partial charge on any atom is -0.360 e. The first kappa shape index (κ1) is 13.5. The van der Waals surface area contributed by atoms with Crippen LogP contribution in [0.5, 0.6) is 0 Å². The first-order valence-corrected chi connectivity index (χ1v) is 5.71. The zero-order chi connectivity index (χ0) is 14.5. The molecule has 0 spiro atoms. The van der Waals surface area contributed by atoms with Crippen molar-refractivity contribution >= 4 is 23.5 Å². The highest BCUT2D eigenvalue weighted by Crippen LogP contribution is 2.14. The summed E-state index contributed by atoms with van der Waals surface area (Å²) in [4.78, 5) is 21.7. The molecule has 1 aromatic carbocycles. The molecular weight excluding hydrogens is 262 g/mol. The number of hydrogen-bond acceptors (Lipinski definition) is 5. The molecule has 7 heteroatoms. The third-order valence-corrected chi connectivity index (χ3v) is 2.39. The molecule has 0 bridgehead atoms. The number of benzene rings is 1. The molecule has 0 aliphatic carbocycles. The zero-order valence-corrected chi connectivity index (χ0v) is 10.6. The van der Waals surface area contributed by atoms with Crippen molar-refractivity contribution in [1.29, 1.82) is 0 Å². The molecule has 0 saturated heterocycles. The Bertz CT molecular complexity index is 676. The van der Waals surface area contributed by atoms with Crippen molar-refractivity contribution in [2.75, 3.05) is 5.32 Å². The van der Waals surface area contributed by atoms with E-state index in [1.54, 1.807) is 25.1 Å². The topological polar surface area (TPSA) is 98.3 Å². The Morgan fingerprint density at radius 1 is 1.45 bits per heavy atom. The molecule has 0 aliphatic rings. The molecule has 2 aromatic rings. The zero-order valence-electron chi connectivity index (χ0n) is 10.6. The van der Waals surface area contributed by atoms with Gasteiger partial charge in [-0.25, -0.2) is 0 Å². The third kappa shape index (κ3) is 3.52. The fourth-order valence-electron chi connectivity index (χ4n) is 1.51. The lowest BCUT2D eigenvalue weighted by Gasteiger charge is -1.96. The number of nitrogens with zero attached hydrogens (tertiary/aromatic N) is 2. The summed E-state index contributed by atoms with van der Waals surface area (Å²) in [5.74, 6) is 0.504. The number of nitrogens with one attached hydrogen (secondary N) is 1. The molecule has 1 amide bonds. The third-order valence-electron chi connectivity index (χ3n) is 2.39. The van der Waals surface area contributed by atoms with Crippen molar-refractivity contribution in [2.24, 2.45) is 0 Å². The fraction of sp³-hybridized carbons (Fsp3) is 0.0769. The van der Waals surface area contributed by atoms with Gasteiger partial charge in [0.1, 0.15) is 5.76 Å². The van der Waals surface area contributed by atoms with Gasteiger partial charge in [0.05, 0.1) is 4.92 Å². The maximum atomic E-state index is 11.6. The van der Waals surface area contributed by atoms with E-state index in [1.165, 1.54) is 24.3 Å². The Labute approximate surface area is 114 Å². The van der Waals surface area contributed by atoms with E-state index >= 15 is 0 Å². The Kier molecular flexibility index (Phi) is 3.90. The molecule has 0 radical (unpaired) electrons. The predicted octanol–water partition coefficient (Wildman–Crippen LogP) is 2.54. The number of hydrogen-bond donors (Lipinski definition) is 1. The predicted molar refractivity (Wildman–Crippen MR) is 72.0 cm³/mol. The number of rotatable bonds is 4. The van der Waals surface area contributed by atoms with Gasteiger partial charge in [0.15, 0.2) is 5.82 Å². The highest BCUT2D eigenvalue weighted by molar-refractivity contribution is 6.01. The molecule has 1 heterocycles. The first-order chi connectivity index (χ1) is 9.54. The molecule has 0 fully saturated rings. The van der Waals surface area contributed by atoms with Crippen LogP contribution in [0.3, 0.4) is 0 Å². The Morgan fingerprint density at radius 2 is 2.25 bits per heavy atom. The molecule has 1 aromatic heterocycles. The number of aryl methyl sites for hydroxylation is 1. The summed E-state index contributed by atoms with van der Waals surface area (Å²) in [7, 11) is 0. The Hall–Kier alpha value is -2.96. The van der Waals surface area contributed by atoms with Crippen molar-refractivity contribution in [1.82, 2.24) is 5.16 Å². The molecule has 0 aliphatic heterocycles. The van der Waals surface area contributed by atoms with Crippen molar-refractivity contribution in [2.45, 2.75) is 6.92 Å². The summed E-state index contributed by atoms with van der Waals surface area (Å²) >= 11 is 0. The number of non-ortho nitro benzene ring substituents is 1. The van der Waals surface area contributed by atoms with Crippen molar-refractivity contribution < 1.29 is 14.2 Å². The normalized spacial score (nSPS) is 10.7. The van der Waals surface area contributed by atoms with Crippen LogP contribution >= 0.6 is 0 Å². The molecule has 102 valence electrons. The van der Waals surface area contributed by atoms with Gasteiger partial charge in [-0.15, -0.1) is 0 Å². The minimum absolute atomic E-state index is 0.0281. The molecule has 0 unspecified atom stereocenters. The van der Waals surface area contributed by atoms with E-state index in [2.05, 4.69) is 10.5 Å². The van der Waals surface area contributed by atoms with Crippen LogP contribution in [0.4, 0.5) is 11.5 Å². The maximum absolute atomic E-state index is 11.6. The first-order valence-electron chi connectivity index (χ1n) is 5.71. The summed E-state index contributed by atoms with van der Waals surface area (Å²) in [6.07, 6.45) is 2.75. The van der Waals surface area contributed by atoms with Crippen molar-refractivity contribution in [3.8, 4) is 0 Å². The van der Waals surface area contributed by atoms with E-state index < -0.39 is 10.8 Å². The lowest BCUT2D eigenvalue weighted by atomic mass is 10.2. The lowest BCUT2D eigenvalue weighted by Crippen LogP contribution is -2.07. The van der Waals surface area contributed by atoms with Crippen LogP contribution in [-0.2, 0) is 4.79 Å². The monoisotopic (exact) mass is 273 g/mol. The molecular formula is C13H11N3O4. The molecule has 0 atom stereocenters. The minimum atomic E-state index is -0.490. The molecule has 20 heavy (non-hydrogen) atoms. The highest BCUT2D eigenvalue weighted by Gasteiger charge is 2.05. The summed E-state index contributed by atoms with van der Waals surface area (Å²) < 4.78 is 4.81. The van der Waals surface area contributed by atoms with Crippen LogP contribution < -0.4 is 5.32 Å². The van der Waals surface area contributed by atoms with Gasteiger partial charge in [-0.1, -0.05) is 17.3 Å². The van der Waals surface area contributed by atoms with E-state index in [9.17, 15) is 14.9 Å². The lowest BCUT2D eigenvalue weighted by molar-refractivity contribution is -0.384. The largest absolute Gasteiger partial charge is 0.360 e. The van der Waals surface area contributed by atoms with Gasteiger partial charge in [-0.2, -0.15) is 0 Å². The maximum Gasteiger partial charge on any atom is 0.270 e. The highest BCUT2D eigenvalue weighted by atomic mass is 16.6. The van der Waals surface area contributed by atoms with Crippen LogP contribution in [0.25, 0.3) is 6.08 Å². The van der Waals surface area contributed by atoms with Crippen LogP contribution in [0.1, 0.15) is 11.3 Å². The fourth-order valence-corrected chi connectivity index (χ4v) is 1.51. The van der Waals surface area contributed by atoms with E-state index in [0.717, 1.165) is 0 Å². The number of amides is 1. The second-order valence-electron chi connectivity index (χ2n) is 4.00. The number of nitro groups is 1. The standard InChI is InChI=1S/C13H11N3O4/c1-9-7-12(15-20-9)14-13(17)6-5-10-3-2-4-11(8-10)16(18)19/h2-8H,1H3,(H,14,15,17). The van der Waals surface area contributed by atoms with Gasteiger partial charge in [-0.3, -0.25) is 14.9 Å². The van der Waals surface area contributed by atoms with Crippen molar-refractivity contribution in [3.63, 3.8) is 0 Å². The number of carbonyl (C=O) groups is 1. The summed E-state index contributed by atoms with van der Waals surface area (Å²) in [6, 6.07) is 7.56. The van der Waals surface area contributed by atoms with Crippen LogP contribution in [-0.4, -0.2) is 16.0 Å². The second kappa shape index (κ2) is 5.79. The van der Waals surface area contributed by atoms with Crippen LogP contribution in [0, 0.1) is 17.0 Å². The smallest absolute Gasteiger partial charge is 0.270 e. The van der Waals surface area contributed by atoms with E-state index in [1.807, 2.05) is 0 Å². The van der Waals surface area contributed by atoms with E-state index in [0.29, 0.717) is 17.1 Å². The molecule has 2 rings (SSSR count). The van der Waals surface area contributed by atoms with Gasteiger partial charge in [0.2, 0.25) is 5.91 Å². The number of carbonyl (C=O) groups excluding carboxylic acids is 1. The number of nitro benzene ring substituents is 1. The van der Waals surface area contributed by atoms with Gasteiger partial charge >= 0.3 is 0 Å². The van der Waals surface area contributed by atoms with Gasteiger partial charge in [0, 0.05) is 24.3 Å². The quantitative estimate of drug-likeness (QED) is 0.524. The van der Waals surface area contributed by atoms with Gasteiger partial charge < -0.3 is 9.84 Å². The average Bonchev–Trinajstić information content (AvgIpc) is 2.82. The van der Waals surface area contributed by atoms with Crippen molar-refractivity contribution in [3.05, 3.63) is 57.8 Å². The summed E-state index contributed by atoms with van der Waals surface area (Å²) in [6.45, 7) is 1.71. The SMILES string of the molecule is Cc1cc(NC(=O)C=Cc2cccc([N+](=O)[O-])c2)no1. The Morgan fingerprint density at radius 3 is 2.90 bits per heavy atom. The second-order valence-corrected chi connectivity index (χ2v) is 4.00. The number of anilines is 1.